The highest BCUT2D eigenvalue weighted by atomic mass is 19.1. The summed E-state index contributed by atoms with van der Waals surface area (Å²) in [4.78, 5) is 19.0. The van der Waals surface area contributed by atoms with E-state index in [1.54, 1.807) is 12.1 Å². The summed E-state index contributed by atoms with van der Waals surface area (Å²) in [6.07, 6.45) is 3.87. The molecule has 2 N–H and O–H groups in total. The van der Waals surface area contributed by atoms with Gasteiger partial charge in [-0.1, -0.05) is 25.1 Å². The largest absolute Gasteiger partial charge is 0.508 e. The summed E-state index contributed by atoms with van der Waals surface area (Å²) in [5.74, 6) is 0.231. The molecule has 0 spiro atoms. The van der Waals surface area contributed by atoms with Crippen molar-refractivity contribution in [3.63, 3.8) is 0 Å². The van der Waals surface area contributed by atoms with E-state index >= 15 is 4.39 Å². The minimum atomic E-state index is -0.888. The Morgan fingerprint density at radius 3 is 2.91 bits per heavy atom. The maximum atomic E-state index is 17.1. The van der Waals surface area contributed by atoms with E-state index in [4.69, 9.17) is 24.4 Å². The van der Waals surface area contributed by atoms with Gasteiger partial charge in [-0.2, -0.15) is 9.97 Å². The lowest BCUT2D eigenvalue weighted by atomic mass is 9.95. The van der Waals surface area contributed by atoms with Crippen LogP contribution in [0.15, 0.2) is 30.3 Å². The first-order valence-corrected chi connectivity index (χ1v) is 16.7. The van der Waals surface area contributed by atoms with Gasteiger partial charge in [0.25, 0.3) is 0 Å². The second kappa shape index (κ2) is 10.3. The number of hydrogen-bond acceptors (Lipinski definition) is 9. The molecule has 9 nitrogen and oxygen atoms in total. The lowest BCUT2D eigenvalue weighted by Gasteiger charge is -2.42. The van der Waals surface area contributed by atoms with Crippen molar-refractivity contribution in [1.82, 2.24) is 25.2 Å². The zero-order valence-corrected chi connectivity index (χ0v) is 26.1. The molecule has 0 radical (unpaired) electrons. The number of pyridine rings is 1. The zero-order valence-electron chi connectivity index (χ0n) is 26.1. The molecule has 7 heterocycles. The molecule has 0 aliphatic carbocycles. The average Bonchev–Trinajstić information content (AvgIpc) is 3.68. The Labute approximate surface area is 265 Å². The summed E-state index contributed by atoms with van der Waals surface area (Å²) in [7, 11) is 0. The van der Waals surface area contributed by atoms with Crippen molar-refractivity contribution >= 4 is 27.5 Å². The number of ether oxygens (including phenoxy) is 2. The third-order valence-corrected chi connectivity index (χ3v) is 11.1. The van der Waals surface area contributed by atoms with Crippen molar-refractivity contribution in [2.75, 3.05) is 31.1 Å². The molecule has 0 saturated carbocycles. The summed E-state index contributed by atoms with van der Waals surface area (Å²) in [6.45, 7) is 6.28. The Morgan fingerprint density at radius 2 is 2.04 bits per heavy atom. The molecule has 5 aliphatic rings. The first-order chi connectivity index (χ1) is 22.3. The van der Waals surface area contributed by atoms with E-state index < -0.39 is 17.5 Å². The molecule has 2 bridgehead atoms. The zero-order chi connectivity index (χ0) is 31.3. The number of fused-ring (bicyclic) bond motifs is 7. The molecule has 0 unspecified atom stereocenters. The van der Waals surface area contributed by atoms with Gasteiger partial charge in [0.2, 0.25) is 5.88 Å². The predicted molar refractivity (Wildman–Crippen MR) is 171 cm³/mol. The van der Waals surface area contributed by atoms with Gasteiger partial charge in [-0.25, -0.2) is 13.8 Å². The first-order valence-electron chi connectivity index (χ1n) is 16.7. The number of aryl methyl sites for hydroxylation is 1. The normalized spacial score (nSPS) is 30.0. The van der Waals surface area contributed by atoms with Crippen molar-refractivity contribution in [2.45, 2.75) is 88.3 Å². The molecule has 240 valence electrons. The number of aromatic nitrogens is 3. The topological polar surface area (TPSA) is 95.9 Å². The van der Waals surface area contributed by atoms with E-state index in [0.29, 0.717) is 42.3 Å². The van der Waals surface area contributed by atoms with Crippen LogP contribution in [0, 0.1) is 5.82 Å². The number of aromatic hydroxyl groups is 1. The summed E-state index contributed by atoms with van der Waals surface area (Å²) in [6, 6.07) is 9.62. The number of piperazine rings is 1. The van der Waals surface area contributed by atoms with Crippen molar-refractivity contribution in [1.29, 1.82) is 0 Å². The fourth-order valence-electron chi connectivity index (χ4n) is 9.15. The van der Waals surface area contributed by atoms with Crippen LogP contribution in [-0.2, 0) is 6.42 Å². The third-order valence-electron chi connectivity index (χ3n) is 11.1. The van der Waals surface area contributed by atoms with E-state index in [1.165, 1.54) is 0 Å². The van der Waals surface area contributed by atoms with Crippen molar-refractivity contribution in [3.8, 4) is 28.9 Å². The third kappa shape index (κ3) is 4.20. The Morgan fingerprint density at radius 1 is 1.15 bits per heavy atom. The number of phenols is 1. The lowest BCUT2D eigenvalue weighted by molar-refractivity contribution is 0.107. The van der Waals surface area contributed by atoms with Gasteiger partial charge in [0.15, 0.2) is 5.82 Å². The van der Waals surface area contributed by atoms with E-state index in [-0.39, 0.29) is 53.6 Å². The second-order valence-corrected chi connectivity index (χ2v) is 13.9. The number of halogens is 2. The Balaban J connectivity index is 1.25. The SMILES string of the molecule is CCc1cccc2cc(O)cc(-c3nc4c5c(nc(OC[C@@]67CCCN6C[C@H](F)C7)nc5c3F)N3C[C@H]5CC[C@H](N5)[C@H]3[C@H](C)O4)c12. The first kappa shape index (κ1) is 28.4. The predicted octanol–water partition coefficient (Wildman–Crippen LogP) is 5.30. The van der Waals surface area contributed by atoms with Crippen LogP contribution in [0.3, 0.4) is 0 Å². The molecule has 2 aromatic carbocycles. The Hall–Kier alpha value is -3.83. The molecule has 11 heteroatoms. The molecule has 5 aliphatic heterocycles. The number of alkyl halides is 1. The molecule has 2 aromatic heterocycles. The van der Waals surface area contributed by atoms with E-state index in [9.17, 15) is 9.50 Å². The van der Waals surface area contributed by atoms with Crippen LogP contribution >= 0.6 is 0 Å². The van der Waals surface area contributed by atoms with Crippen LogP contribution in [0.2, 0.25) is 0 Å². The van der Waals surface area contributed by atoms with Gasteiger partial charge < -0.3 is 24.8 Å². The Bertz CT molecular complexity index is 1890. The minimum absolute atomic E-state index is 0.0203. The van der Waals surface area contributed by atoms with E-state index in [0.717, 1.165) is 55.0 Å². The quantitative estimate of drug-likeness (QED) is 0.306. The van der Waals surface area contributed by atoms with E-state index in [2.05, 4.69) is 22.0 Å². The van der Waals surface area contributed by atoms with Crippen molar-refractivity contribution in [2.24, 2.45) is 0 Å². The number of rotatable bonds is 5. The molecule has 46 heavy (non-hydrogen) atoms. The molecule has 4 saturated heterocycles. The van der Waals surface area contributed by atoms with Crippen molar-refractivity contribution in [3.05, 3.63) is 41.7 Å². The second-order valence-electron chi connectivity index (χ2n) is 13.9. The maximum absolute atomic E-state index is 17.1. The van der Waals surface area contributed by atoms with Gasteiger partial charge >= 0.3 is 6.01 Å². The number of anilines is 1. The molecular weight excluding hydrogens is 590 g/mol. The van der Waals surface area contributed by atoms with Crippen LogP contribution in [0.25, 0.3) is 32.9 Å². The monoisotopic (exact) mass is 628 g/mol. The summed E-state index contributed by atoms with van der Waals surface area (Å²) in [5.41, 5.74) is 1.22. The molecule has 9 rings (SSSR count). The van der Waals surface area contributed by atoms with Gasteiger partial charge in [-0.15, -0.1) is 0 Å². The molecule has 0 amide bonds. The molecule has 4 aromatic rings. The minimum Gasteiger partial charge on any atom is -0.508 e. The fraction of sp³-hybridized carbons (Fsp3) is 0.514. The Kier molecular flexibility index (Phi) is 6.38. The maximum Gasteiger partial charge on any atom is 0.319 e. The highest BCUT2D eigenvalue weighted by molar-refractivity contribution is 6.03. The number of hydrogen-bond donors (Lipinski definition) is 2. The molecular formula is C35H38F2N6O3. The standard InChI is InChI=1S/C35H38F2N6O3/c1-3-19-6-4-7-20-12-23(44)13-24(26(19)20)29-28(37)30-27-32(41-34(40-30)45-17-35-10-5-11-42(35)15-21(36)14-35)43-16-22-8-9-25(38-22)31(43)18(2)46-33(27)39-29/h4,6-7,12-13,18,21-22,25,31,38,44H,3,5,8-11,14-17H2,1-2H3/t18-,21+,22+,25-,31+,35-/m0/s1. The highest BCUT2D eigenvalue weighted by Gasteiger charge is 2.50. The molecule has 6 atom stereocenters. The fourth-order valence-corrected chi connectivity index (χ4v) is 9.15. The molecule has 4 fully saturated rings. The van der Waals surface area contributed by atoms with Gasteiger partial charge in [0, 0.05) is 37.2 Å². The van der Waals surface area contributed by atoms with Crippen molar-refractivity contribution < 1.29 is 23.4 Å². The number of nitrogens with one attached hydrogen (secondary N) is 1. The summed E-state index contributed by atoms with van der Waals surface area (Å²) < 4.78 is 44.7. The van der Waals surface area contributed by atoms with Crippen LogP contribution in [0.5, 0.6) is 17.6 Å². The smallest absolute Gasteiger partial charge is 0.319 e. The number of nitrogens with zero attached hydrogens (tertiary/aromatic N) is 5. The summed E-state index contributed by atoms with van der Waals surface area (Å²) in [5, 5.41) is 16.5. The van der Waals surface area contributed by atoms with Gasteiger partial charge in [0.05, 0.1) is 11.6 Å². The van der Waals surface area contributed by atoms with Crippen LogP contribution in [0.4, 0.5) is 14.6 Å². The lowest BCUT2D eigenvalue weighted by Crippen LogP contribution is -2.62. The number of benzene rings is 2. The van der Waals surface area contributed by atoms with Crippen LogP contribution in [-0.4, -0.2) is 87.1 Å². The van der Waals surface area contributed by atoms with Crippen LogP contribution in [0.1, 0.15) is 51.5 Å². The highest BCUT2D eigenvalue weighted by Crippen LogP contribution is 2.46. The average molecular weight is 629 g/mol. The summed E-state index contributed by atoms with van der Waals surface area (Å²) >= 11 is 0. The van der Waals surface area contributed by atoms with Gasteiger partial charge in [0.1, 0.15) is 47.0 Å². The van der Waals surface area contributed by atoms with E-state index in [1.807, 2.05) is 25.1 Å². The van der Waals surface area contributed by atoms with Gasteiger partial charge in [-0.05, 0) is 74.0 Å². The van der Waals surface area contributed by atoms with Crippen LogP contribution < -0.4 is 19.7 Å². The number of phenolic OH excluding ortho intramolecular Hbond substituents is 1. The van der Waals surface area contributed by atoms with Gasteiger partial charge in [-0.3, -0.25) is 4.90 Å².